The topological polar surface area (TPSA) is 22.8 Å². The second kappa shape index (κ2) is 15.0. The quantitative estimate of drug-likeness (QED) is 0.157. The fourth-order valence-electron chi connectivity index (χ4n) is 9.89. The van der Waals surface area contributed by atoms with Crippen LogP contribution in [0.4, 0.5) is 0 Å². The summed E-state index contributed by atoms with van der Waals surface area (Å²) in [6.07, 6.45) is 0. The van der Waals surface area contributed by atoms with Gasteiger partial charge in [0.25, 0.3) is 0 Å². The first-order chi connectivity index (χ1) is 31.2. The van der Waals surface area contributed by atoms with Crippen LogP contribution in [0.2, 0.25) is 0 Å². The number of fused-ring (bicyclic) bond motifs is 6. The predicted molar refractivity (Wildman–Crippen MR) is 265 cm³/mol. The van der Waals surface area contributed by atoms with Crippen molar-refractivity contribution < 1.29 is 0 Å². The standard InChI is InChI=1S/C60H41N3/c1-40-46(28-16-37-55(40)63-58-35-11-7-26-50(58)51-27-8-12-36-59(51)63)42-20-13-22-44(38-42)53-31-17-32-54(61-53)52-30-15-29-47(60(52)41-18-3-2-4-19-41)43-21-14-23-45(39-43)62-56-33-9-5-24-48(56)49-25-6-10-34-57(49)62/h2-39H,1H3. The molecule has 0 atom stereocenters. The average molecular weight is 804 g/mol. The summed E-state index contributed by atoms with van der Waals surface area (Å²) in [5, 5.41) is 5.04. The van der Waals surface area contributed by atoms with Crippen molar-refractivity contribution in [2.24, 2.45) is 0 Å². The normalized spacial score (nSPS) is 11.6. The molecule has 9 aromatic carbocycles. The van der Waals surface area contributed by atoms with E-state index in [0.29, 0.717) is 0 Å². The Hall–Kier alpha value is -8.27. The Labute approximate surface area is 366 Å². The summed E-state index contributed by atoms with van der Waals surface area (Å²) >= 11 is 0. The van der Waals surface area contributed by atoms with Crippen molar-refractivity contribution in [3.8, 4) is 67.3 Å². The van der Waals surface area contributed by atoms with E-state index in [2.05, 4.69) is 247 Å². The second-order valence-corrected chi connectivity index (χ2v) is 16.3. The van der Waals surface area contributed by atoms with Crippen LogP contribution in [0.3, 0.4) is 0 Å². The zero-order valence-corrected chi connectivity index (χ0v) is 34.8. The second-order valence-electron chi connectivity index (χ2n) is 16.3. The van der Waals surface area contributed by atoms with Crippen molar-refractivity contribution in [2.75, 3.05) is 0 Å². The minimum absolute atomic E-state index is 0.932. The van der Waals surface area contributed by atoms with Crippen molar-refractivity contribution in [1.29, 1.82) is 0 Å². The molecule has 0 saturated carbocycles. The van der Waals surface area contributed by atoms with Crippen molar-refractivity contribution in [1.82, 2.24) is 14.1 Å². The Morgan fingerprint density at radius 2 is 0.778 bits per heavy atom. The maximum Gasteiger partial charge on any atom is 0.0715 e. The van der Waals surface area contributed by atoms with Gasteiger partial charge in [-0.25, -0.2) is 4.98 Å². The van der Waals surface area contributed by atoms with E-state index in [9.17, 15) is 0 Å². The number of benzene rings is 9. The zero-order valence-electron chi connectivity index (χ0n) is 34.8. The Morgan fingerprint density at radius 3 is 1.44 bits per heavy atom. The number of aromatic nitrogens is 3. The number of pyridine rings is 1. The summed E-state index contributed by atoms with van der Waals surface area (Å²) in [5.41, 5.74) is 19.4. The molecule has 3 aromatic heterocycles. The van der Waals surface area contributed by atoms with Crippen LogP contribution in [-0.4, -0.2) is 14.1 Å². The molecule has 3 nitrogen and oxygen atoms in total. The van der Waals surface area contributed by atoms with Gasteiger partial charge >= 0.3 is 0 Å². The number of hydrogen-bond donors (Lipinski definition) is 0. The third-order valence-electron chi connectivity index (χ3n) is 12.7. The van der Waals surface area contributed by atoms with Gasteiger partial charge in [-0.1, -0.05) is 170 Å². The van der Waals surface area contributed by atoms with Gasteiger partial charge in [-0.3, -0.25) is 0 Å². The lowest BCUT2D eigenvalue weighted by Gasteiger charge is -2.18. The summed E-state index contributed by atoms with van der Waals surface area (Å²) in [6.45, 7) is 2.25. The zero-order chi connectivity index (χ0) is 41.9. The van der Waals surface area contributed by atoms with Gasteiger partial charge in [0, 0.05) is 44.0 Å². The first-order valence-electron chi connectivity index (χ1n) is 21.6. The summed E-state index contributed by atoms with van der Waals surface area (Å²) in [5.74, 6) is 0. The highest BCUT2D eigenvalue weighted by atomic mass is 15.0. The molecular weight excluding hydrogens is 763 g/mol. The van der Waals surface area contributed by atoms with Gasteiger partial charge in [0.15, 0.2) is 0 Å². The first-order valence-corrected chi connectivity index (χ1v) is 21.6. The van der Waals surface area contributed by atoms with Gasteiger partial charge in [-0.15, -0.1) is 0 Å². The fraction of sp³-hybridized carbons (Fsp3) is 0.0167. The SMILES string of the molecule is Cc1c(-c2cccc(-c3cccc(-c4cccc(-c5cccc(-n6c7ccccc7c7ccccc76)c5)c4-c4ccccc4)n3)c2)cccc1-n1c2ccccc2c2ccccc21. The van der Waals surface area contributed by atoms with Crippen LogP contribution < -0.4 is 0 Å². The molecule has 0 radical (unpaired) electrons. The summed E-state index contributed by atoms with van der Waals surface area (Å²) < 4.78 is 4.80. The lowest BCUT2D eigenvalue weighted by molar-refractivity contribution is 1.15. The molecule has 3 heterocycles. The van der Waals surface area contributed by atoms with E-state index in [1.807, 2.05) is 0 Å². The summed E-state index contributed by atoms with van der Waals surface area (Å²) in [6, 6.07) is 83.1. The maximum absolute atomic E-state index is 5.44. The molecule has 12 aromatic rings. The smallest absolute Gasteiger partial charge is 0.0715 e. The van der Waals surface area contributed by atoms with E-state index >= 15 is 0 Å². The predicted octanol–water partition coefficient (Wildman–Crippen LogP) is 15.9. The number of hydrogen-bond acceptors (Lipinski definition) is 1. The minimum atomic E-state index is 0.932. The Balaban J connectivity index is 0.960. The van der Waals surface area contributed by atoms with Crippen LogP contribution in [0.5, 0.6) is 0 Å². The van der Waals surface area contributed by atoms with Gasteiger partial charge < -0.3 is 9.13 Å². The third kappa shape index (κ3) is 6.08. The highest BCUT2D eigenvalue weighted by molar-refractivity contribution is 6.10. The number of para-hydroxylation sites is 4. The van der Waals surface area contributed by atoms with E-state index in [0.717, 1.165) is 56.0 Å². The molecule has 0 N–H and O–H groups in total. The van der Waals surface area contributed by atoms with E-state index in [4.69, 9.17) is 4.98 Å². The van der Waals surface area contributed by atoms with Crippen LogP contribution in [-0.2, 0) is 0 Å². The minimum Gasteiger partial charge on any atom is -0.309 e. The van der Waals surface area contributed by atoms with Crippen LogP contribution in [0.1, 0.15) is 5.56 Å². The molecule has 0 aliphatic carbocycles. The van der Waals surface area contributed by atoms with Gasteiger partial charge in [-0.05, 0) is 107 Å². The van der Waals surface area contributed by atoms with Crippen LogP contribution in [0.25, 0.3) is 111 Å². The molecule has 0 spiro atoms. The molecule has 0 aliphatic rings. The number of nitrogens with zero attached hydrogens (tertiary/aromatic N) is 3. The monoisotopic (exact) mass is 803 g/mol. The number of rotatable bonds is 7. The highest BCUT2D eigenvalue weighted by Crippen LogP contribution is 2.42. The molecule has 12 rings (SSSR count). The molecule has 0 saturated heterocycles. The van der Waals surface area contributed by atoms with Gasteiger partial charge in [-0.2, -0.15) is 0 Å². The lowest BCUT2D eigenvalue weighted by Crippen LogP contribution is -1.98. The molecule has 0 amide bonds. The van der Waals surface area contributed by atoms with Crippen LogP contribution >= 0.6 is 0 Å². The fourth-order valence-corrected chi connectivity index (χ4v) is 9.89. The summed E-state index contributed by atoms with van der Waals surface area (Å²) in [4.78, 5) is 5.44. The third-order valence-corrected chi connectivity index (χ3v) is 12.7. The Morgan fingerprint density at radius 1 is 0.317 bits per heavy atom. The lowest BCUT2D eigenvalue weighted by atomic mass is 9.89. The van der Waals surface area contributed by atoms with E-state index in [-0.39, 0.29) is 0 Å². The molecule has 0 unspecified atom stereocenters. The Kier molecular flexibility index (Phi) is 8.72. The van der Waals surface area contributed by atoms with Crippen molar-refractivity contribution in [2.45, 2.75) is 6.92 Å². The largest absolute Gasteiger partial charge is 0.309 e. The Bertz CT molecular complexity index is 3590. The average Bonchev–Trinajstić information content (AvgIpc) is 3.87. The first kappa shape index (κ1) is 36.6. The molecular formula is C60H41N3. The van der Waals surface area contributed by atoms with Crippen molar-refractivity contribution in [3.63, 3.8) is 0 Å². The molecule has 296 valence electrons. The van der Waals surface area contributed by atoms with Gasteiger partial charge in [0.1, 0.15) is 0 Å². The summed E-state index contributed by atoms with van der Waals surface area (Å²) in [7, 11) is 0. The molecule has 0 fully saturated rings. The van der Waals surface area contributed by atoms with E-state index in [1.165, 1.54) is 60.4 Å². The maximum atomic E-state index is 5.44. The molecule has 0 bridgehead atoms. The van der Waals surface area contributed by atoms with Crippen molar-refractivity contribution >= 4 is 43.6 Å². The molecule has 3 heteroatoms. The molecule has 63 heavy (non-hydrogen) atoms. The van der Waals surface area contributed by atoms with Gasteiger partial charge in [0.05, 0.1) is 33.5 Å². The van der Waals surface area contributed by atoms with Crippen LogP contribution in [0, 0.1) is 6.92 Å². The van der Waals surface area contributed by atoms with Crippen molar-refractivity contribution in [3.05, 3.63) is 236 Å². The van der Waals surface area contributed by atoms with Crippen LogP contribution in [0.15, 0.2) is 231 Å². The highest BCUT2D eigenvalue weighted by Gasteiger charge is 2.19. The van der Waals surface area contributed by atoms with E-state index < -0.39 is 0 Å². The van der Waals surface area contributed by atoms with Gasteiger partial charge in [0.2, 0.25) is 0 Å². The molecule has 0 aliphatic heterocycles. The van der Waals surface area contributed by atoms with E-state index in [1.54, 1.807) is 0 Å².